The van der Waals surface area contributed by atoms with E-state index in [1.165, 1.54) is 7.11 Å². The molecule has 0 aromatic heterocycles. The number of ether oxygens (including phenoxy) is 2. The Hall–Kier alpha value is -2.14. The van der Waals surface area contributed by atoms with Crippen LogP contribution in [0.25, 0.3) is 0 Å². The van der Waals surface area contributed by atoms with Gasteiger partial charge in [-0.1, -0.05) is 6.08 Å². The minimum Gasteiger partial charge on any atom is -0.494 e. The molecule has 1 aliphatic rings. The molecule has 0 atom stereocenters. The smallest absolute Gasteiger partial charge is 0.334 e. The predicted molar refractivity (Wildman–Crippen MR) is 87.6 cm³/mol. The monoisotopic (exact) mass is 317 g/mol. The molecule has 0 unspecified atom stereocenters. The van der Waals surface area contributed by atoms with Crippen LogP contribution in [0.15, 0.2) is 29.8 Å². The lowest BCUT2D eigenvalue weighted by Gasteiger charge is -2.27. The molecule has 0 radical (unpaired) electrons. The summed E-state index contributed by atoms with van der Waals surface area (Å²) in [6.07, 6.45) is 2.73. The third-order valence-electron chi connectivity index (χ3n) is 3.84. The van der Waals surface area contributed by atoms with Crippen LogP contribution < -0.4 is 4.74 Å². The average molecular weight is 317 g/mol. The van der Waals surface area contributed by atoms with Crippen molar-refractivity contribution < 1.29 is 19.1 Å². The van der Waals surface area contributed by atoms with Crippen molar-refractivity contribution in [2.45, 2.75) is 26.8 Å². The van der Waals surface area contributed by atoms with Gasteiger partial charge in [0, 0.05) is 36.3 Å². The molecule has 1 aromatic carbocycles. The van der Waals surface area contributed by atoms with Gasteiger partial charge in [0.15, 0.2) is 5.78 Å². The number of hydrogen-bond donors (Lipinski definition) is 0. The summed E-state index contributed by atoms with van der Waals surface area (Å²) in [6.45, 7) is 6.09. The fraction of sp³-hybridized carbons (Fsp3) is 0.444. The highest BCUT2D eigenvalue weighted by molar-refractivity contribution is 5.94. The average Bonchev–Trinajstić information content (AvgIpc) is 2.56. The summed E-state index contributed by atoms with van der Waals surface area (Å²) in [5.74, 6) is 0.534. The van der Waals surface area contributed by atoms with E-state index in [-0.39, 0.29) is 11.8 Å². The molecule has 0 N–H and O–H groups in total. The van der Waals surface area contributed by atoms with Gasteiger partial charge in [0.25, 0.3) is 0 Å². The van der Waals surface area contributed by atoms with Crippen molar-refractivity contribution in [1.82, 2.24) is 4.90 Å². The second-order valence-corrected chi connectivity index (χ2v) is 5.53. The number of ketones is 1. The summed E-state index contributed by atoms with van der Waals surface area (Å²) >= 11 is 0. The number of nitrogens with zero attached hydrogens (tertiary/aromatic N) is 1. The minimum absolute atomic E-state index is 0.0306. The van der Waals surface area contributed by atoms with E-state index in [9.17, 15) is 9.59 Å². The second kappa shape index (κ2) is 7.92. The van der Waals surface area contributed by atoms with Crippen LogP contribution in [0.1, 0.15) is 36.2 Å². The molecule has 5 heteroatoms. The Morgan fingerprint density at radius 2 is 2.09 bits per heavy atom. The third kappa shape index (κ3) is 4.42. The molecule has 0 saturated heterocycles. The van der Waals surface area contributed by atoms with E-state index in [1.54, 1.807) is 13.0 Å². The molecule has 0 bridgehead atoms. The molecule has 1 heterocycles. The van der Waals surface area contributed by atoms with E-state index in [4.69, 9.17) is 9.47 Å². The maximum atomic E-state index is 11.7. The number of methoxy groups -OCH3 is 1. The summed E-state index contributed by atoms with van der Waals surface area (Å²) < 4.78 is 10.5. The van der Waals surface area contributed by atoms with Crippen LogP contribution in [0.3, 0.4) is 0 Å². The van der Waals surface area contributed by atoms with Gasteiger partial charge in [-0.25, -0.2) is 4.79 Å². The Balaban J connectivity index is 2.18. The maximum absolute atomic E-state index is 11.7. The van der Waals surface area contributed by atoms with Gasteiger partial charge in [0.2, 0.25) is 0 Å². The lowest BCUT2D eigenvalue weighted by Crippen LogP contribution is -2.32. The highest BCUT2D eigenvalue weighted by Gasteiger charge is 2.20. The lowest BCUT2D eigenvalue weighted by molar-refractivity contribution is -0.136. The van der Waals surface area contributed by atoms with Crippen molar-refractivity contribution in [1.29, 1.82) is 0 Å². The van der Waals surface area contributed by atoms with E-state index >= 15 is 0 Å². The third-order valence-corrected chi connectivity index (χ3v) is 3.84. The van der Waals surface area contributed by atoms with Gasteiger partial charge in [-0.2, -0.15) is 0 Å². The van der Waals surface area contributed by atoms with Crippen LogP contribution in [0, 0.1) is 0 Å². The van der Waals surface area contributed by atoms with Gasteiger partial charge in [-0.15, -0.1) is 0 Å². The largest absolute Gasteiger partial charge is 0.494 e. The molecule has 0 spiro atoms. The standard InChI is InChI=1S/C18H23NO4/c1-4-23-17-8-7-14(13(2)20)10-16(17)12-19-9-5-6-15(11-19)18(21)22-3/h6-8,10H,4-5,9,11-12H2,1-3H3. The van der Waals surface area contributed by atoms with Crippen molar-refractivity contribution in [2.24, 2.45) is 0 Å². The Morgan fingerprint density at radius 1 is 1.30 bits per heavy atom. The fourth-order valence-corrected chi connectivity index (χ4v) is 2.68. The molecule has 0 saturated carbocycles. The first kappa shape index (κ1) is 17.2. The molecule has 2 rings (SSSR count). The molecule has 0 aliphatic carbocycles. The normalized spacial score (nSPS) is 15.0. The van der Waals surface area contributed by atoms with Gasteiger partial charge in [0.1, 0.15) is 5.75 Å². The quantitative estimate of drug-likeness (QED) is 0.596. The SMILES string of the molecule is CCOc1ccc(C(C)=O)cc1CN1CCC=C(C(=O)OC)C1. The molecule has 1 aliphatic heterocycles. The molecular weight excluding hydrogens is 294 g/mol. The van der Waals surface area contributed by atoms with Crippen molar-refractivity contribution >= 4 is 11.8 Å². The second-order valence-electron chi connectivity index (χ2n) is 5.53. The first-order chi connectivity index (χ1) is 11.0. The zero-order valence-corrected chi connectivity index (χ0v) is 13.9. The summed E-state index contributed by atoms with van der Waals surface area (Å²) in [7, 11) is 1.39. The lowest BCUT2D eigenvalue weighted by atomic mass is 10.0. The van der Waals surface area contributed by atoms with E-state index < -0.39 is 0 Å². The fourth-order valence-electron chi connectivity index (χ4n) is 2.68. The van der Waals surface area contributed by atoms with E-state index in [1.807, 2.05) is 25.1 Å². The predicted octanol–water partition coefficient (Wildman–Crippen LogP) is 2.59. The number of rotatable bonds is 6. The van der Waals surface area contributed by atoms with Crippen molar-refractivity contribution in [3.05, 3.63) is 41.0 Å². The molecule has 0 amide bonds. The Bertz CT molecular complexity index is 621. The van der Waals surface area contributed by atoms with Gasteiger partial charge < -0.3 is 9.47 Å². The van der Waals surface area contributed by atoms with Crippen molar-refractivity contribution in [3.63, 3.8) is 0 Å². The maximum Gasteiger partial charge on any atom is 0.334 e. The van der Waals surface area contributed by atoms with Gasteiger partial charge >= 0.3 is 5.97 Å². The van der Waals surface area contributed by atoms with Crippen LogP contribution >= 0.6 is 0 Å². The highest BCUT2D eigenvalue weighted by atomic mass is 16.5. The molecule has 0 fully saturated rings. The molecule has 124 valence electrons. The zero-order chi connectivity index (χ0) is 16.8. The van der Waals surface area contributed by atoms with E-state index in [0.29, 0.717) is 30.8 Å². The molecular formula is C18H23NO4. The van der Waals surface area contributed by atoms with Crippen molar-refractivity contribution in [2.75, 3.05) is 26.8 Å². The van der Waals surface area contributed by atoms with E-state index in [2.05, 4.69) is 4.90 Å². The Labute approximate surface area is 136 Å². The summed E-state index contributed by atoms with van der Waals surface area (Å²) in [4.78, 5) is 25.5. The zero-order valence-electron chi connectivity index (χ0n) is 13.9. The Kier molecular flexibility index (Phi) is 5.93. The number of esters is 1. The first-order valence-electron chi connectivity index (χ1n) is 7.81. The summed E-state index contributed by atoms with van der Waals surface area (Å²) in [6, 6.07) is 5.51. The molecule has 1 aromatic rings. The van der Waals surface area contributed by atoms with Crippen molar-refractivity contribution in [3.8, 4) is 5.75 Å². The topological polar surface area (TPSA) is 55.8 Å². The van der Waals surface area contributed by atoms with Crippen LogP contribution in [-0.4, -0.2) is 43.5 Å². The minimum atomic E-state index is -0.280. The Morgan fingerprint density at radius 3 is 2.74 bits per heavy atom. The van der Waals surface area contributed by atoms with Gasteiger partial charge in [0.05, 0.1) is 13.7 Å². The summed E-state index contributed by atoms with van der Waals surface area (Å²) in [5, 5.41) is 0. The number of benzene rings is 1. The summed E-state index contributed by atoms with van der Waals surface area (Å²) in [5.41, 5.74) is 2.31. The highest BCUT2D eigenvalue weighted by Crippen LogP contribution is 2.24. The van der Waals surface area contributed by atoms with Crippen LogP contribution in [-0.2, 0) is 16.1 Å². The van der Waals surface area contributed by atoms with Gasteiger partial charge in [-0.3, -0.25) is 9.69 Å². The van der Waals surface area contributed by atoms with E-state index in [0.717, 1.165) is 24.3 Å². The van der Waals surface area contributed by atoms with Crippen LogP contribution in [0.5, 0.6) is 5.75 Å². The number of carbonyl (C=O) groups excluding carboxylic acids is 2. The molecule has 23 heavy (non-hydrogen) atoms. The number of carbonyl (C=O) groups is 2. The number of Topliss-reactive ketones (excluding diaryl/α,β-unsaturated/α-hetero) is 1. The van der Waals surface area contributed by atoms with Crippen LogP contribution in [0.2, 0.25) is 0 Å². The molecule has 5 nitrogen and oxygen atoms in total. The first-order valence-corrected chi connectivity index (χ1v) is 7.81. The van der Waals surface area contributed by atoms with Crippen LogP contribution in [0.4, 0.5) is 0 Å². The van der Waals surface area contributed by atoms with Gasteiger partial charge in [-0.05, 0) is 38.5 Å². The number of hydrogen-bond acceptors (Lipinski definition) is 5.